The van der Waals surface area contributed by atoms with Gasteiger partial charge in [0.1, 0.15) is 6.61 Å². The largest absolute Gasteiger partial charge is 0.368 e. The number of carbonyl (C=O) groups is 1. The molecule has 2 fully saturated rings. The minimum Gasteiger partial charge on any atom is -0.368 e. The quantitative estimate of drug-likeness (QED) is 0.754. The van der Waals surface area contributed by atoms with Gasteiger partial charge in [0.05, 0.1) is 6.10 Å². The third-order valence-electron chi connectivity index (χ3n) is 4.10. The maximum Gasteiger partial charge on any atom is 0.248 e. The van der Waals surface area contributed by atoms with Crippen LogP contribution in [0.1, 0.15) is 25.7 Å². The molecule has 0 aromatic heterocycles. The van der Waals surface area contributed by atoms with Gasteiger partial charge in [-0.1, -0.05) is 0 Å². The number of ether oxygens (including phenoxy) is 1. The van der Waals surface area contributed by atoms with E-state index in [1.165, 1.54) is 25.9 Å². The first kappa shape index (κ1) is 14.8. The summed E-state index contributed by atoms with van der Waals surface area (Å²) in [5.74, 6) is 0.109. The molecular formula is C14H27N3O2. The normalized spacial score (nSPS) is 21.7. The molecule has 2 aliphatic heterocycles. The number of amides is 1. The predicted molar refractivity (Wildman–Crippen MR) is 75.2 cm³/mol. The zero-order valence-corrected chi connectivity index (χ0v) is 12.1. The summed E-state index contributed by atoms with van der Waals surface area (Å²) in [6.45, 7) is 6.43. The number of carbonyl (C=O) groups excluding carboxylic acids is 1. The monoisotopic (exact) mass is 269 g/mol. The predicted octanol–water partition coefficient (Wildman–Crippen LogP) is 0.309. The smallest absolute Gasteiger partial charge is 0.248 e. The van der Waals surface area contributed by atoms with E-state index in [9.17, 15) is 4.79 Å². The molecule has 0 spiro atoms. The lowest BCUT2D eigenvalue weighted by atomic mass is 10.1. The van der Waals surface area contributed by atoms with Crippen LogP contribution in [0.15, 0.2) is 0 Å². The molecule has 0 aromatic rings. The summed E-state index contributed by atoms with van der Waals surface area (Å²) in [4.78, 5) is 16.2. The van der Waals surface area contributed by atoms with E-state index in [0.717, 1.165) is 39.0 Å². The molecule has 5 nitrogen and oxygen atoms in total. The Labute approximate surface area is 116 Å². The van der Waals surface area contributed by atoms with Gasteiger partial charge in [-0.3, -0.25) is 4.79 Å². The minimum absolute atomic E-state index is 0.109. The summed E-state index contributed by atoms with van der Waals surface area (Å²) in [6, 6.07) is 0. The van der Waals surface area contributed by atoms with Crippen molar-refractivity contribution in [3.05, 3.63) is 0 Å². The molecule has 0 saturated carbocycles. The van der Waals surface area contributed by atoms with Crippen LogP contribution >= 0.6 is 0 Å². The maximum atomic E-state index is 12.0. The highest BCUT2D eigenvalue weighted by Gasteiger charge is 2.17. The number of piperidine rings is 1. The Morgan fingerprint density at radius 3 is 2.68 bits per heavy atom. The lowest BCUT2D eigenvalue weighted by molar-refractivity contribution is -0.137. The Morgan fingerprint density at radius 1 is 1.32 bits per heavy atom. The van der Waals surface area contributed by atoms with Crippen LogP contribution in [0.2, 0.25) is 0 Å². The van der Waals surface area contributed by atoms with Crippen LogP contribution in [0.25, 0.3) is 0 Å². The lowest BCUT2D eigenvalue weighted by Gasteiger charge is -2.25. The van der Waals surface area contributed by atoms with Gasteiger partial charge < -0.3 is 19.9 Å². The van der Waals surface area contributed by atoms with Gasteiger partial charge in [0, 0.05) is 20.1 Å². The second kappa shape index (κ2) is 7.82. The fraction of sp³-hybridized carbons (Fsp3) is 0.929. The summed E-state index contributed by atoms with van der Waals surface area (Å²) < 4.78 is 5.69. The topological polar surface area (TPSA) is 44.8 Å². The molecule has 0 aliphatic carbocycles. The number of hydrogen-bond donors (Lipinski definition) is 1. The van der Waals surface area contributed by atoms with E-state index in [0.29, 0.717) is 0 Å². The molecule has 19 heavy (non-hydrogen) atoms. The van der Waals surface area contributed by atoms with Crippen molar-refractivity contribution < 1.29 is 9.53 Å². The molecule has 2 heterocycles. The Balaban J connectivity index is 1.58. The third kappa shape index (κ3) is 5.09. The second-order valence-corrected chi connectivity index (χ2v) is 5.62. The molecule has 0 aromatic carbocycles. The first-order valence-corrected chi connectivity index (χ1v) is 7.54. The Hall–Kier alpha value is -0.650. The molecular weight excluding hydrogens is 242 g/mol. The molecule has 110 valence electrons. The minimum atomic E-state index is 0.109. The molecule has 1 amide bonds. The summed E-state index contributed by atoms with van der Waals surface area (Å²) in [6.07, 6.45) is 4.90. The van der Waals surface area contributed by atoms with Gasteiger partial charge in [0.25, 0.3) is 0 Å². The Bertz CT molecular complexity index is 274. The van der Waals surface area contributed by atoms with Crippen molar-refractivity contribution in [1.29, 1.82) is 0 Å². The van der Waals surface area contributed by atoms with Gasteiger partial charge in [-0.2, -0.15) is 0 Å². The molecule has 2 aliphatic rings. The van der Waals surface area contributed by atoms with Crippen molar-refractivity contribution in [2.75, 3.05) is 52.9 Å². The summed E-state index contributed by atoms with van der Waals surface area (Å²) in [7, 11) is 1.88. The van der Waals surface area contributed by atoms with E-state index in [1.807, 2.05) is 7.05 Å². The van der Waals surface area contributed by atoms with E-state index < -0.39 is 0 Å². The van der Waals surface area contributed by atoms with Gasteiger partial charge in [0.15, 0.2) is 0 Å². The van der Waals surface area contributed by atoms with Crippen molar-refractivity contribution in [1.82, 2.24) is 15.1 Å². The fourth-order valence-corrected chi connectivity index (χ4v) is 2.68. The lowest BCUT2D eigenvalue weighted by Crippen LogP contribution is -2.39. The number of nitrogens with zero attached hydrogens (tertiary/aromatic N) is 2. The SMILES string of the molecule is CN(CCN1CCCC1)C(=O)COC1CCNCC1. The molecule has 2 rings (SSSR count). The Kier molecular flexibility index (Phi) is 6.07. The highest BCUT2D eigenvalue weighted by Crippen LogP contribution is 2.08. The number of nitrogens with one attached hydrogen (secondary N) is 1. The van der Waals surface area contributed by atoms with Crippen molar-refractivity contribution >= 4 is 5.91 Å². The second-order valence-electron chi connectivity index (χ2n) is 5.62. The molecule has 2 saturated heterocycles. The summed E-state index contributed by atoms with van der Waals surface area (Å²) in [5.41, 5.74) is 0. The van der Waals surface area contributed by atoms with Crippen LogP contribution < -0.4 is 5.32 Å². The van der Waals surface area contributed by atoms with E-state index in [4.69, 9.17) is 4.74 Å². The van der Waals surface area contributed by atoms with Gasteiger partial charge in [-0.05, 0) is 51.9 Å². The van der Waals surface area contributed by atoms with Crippen molar-refractivity contribution in [2.45, 2.75) is 31.8 Å². The van der Waals surface area contributed by atoms with E-state index in [2.05, 4.69) is 10.2 Å². The number of likely N-dealkylation sites (tertiary alicyclic amines) is 1. The highest BCUT2D eigenvalue weighted by atomic mass is 16.5. The number of rotatable bonds is 6. The van der Waals surface area contributed by atoms with Gasteiger partial charge in [-0.15, -0.1) is 0 Å². The summed E-state index contributed by atoms with van der Waals surface area (Å²) >= 11 is 0. The van der Waals surface area contributed by atoms with Crippen molar-refractivity contribution in [3.63, 3.8) is 0 Å². The first-order valence-electron chi connectivity index (χ1n) is 7.54. The Morgan fingerprint density at radius 2 is 2.00 bits per heavy atom. The third-order valence-corrected chi connectivity index (χ3v) is 4.10. The zero-order valence-electron chi connectivity index (χ0n) is 12.1. The molecule has 1 N–H and O–H groups in total. The summed E-state index contributed by atoms with van der Waals surface area (Å²) in [5, 5.41) is 3.30. The molecule has 0 atom stereocenters. The van der Waals surface area contributed by atoms with Crippen LogP contribution in [0.3, 0.4) is 0 Å². The van der Waals surface area contributed by atoms with Gasteiger partial charge in [0.2, 0.25) is 5.91 Å². The molecule has 0 unspecified atom stereocenters. The number of hydrogen-bond acceptors (Lipinski definition) is 4. The van der Waals surface area contributed by atoms with Crippen molar-refractivity contribution in [3.8, 4) is 0 Å². The van der Waals surface area contributed by atoms with Crippen LogP contribution in [0, 0.1) is 0 Å². The maximum absolute atomic E-state index is 12.0. The van der Waals surface area contributed by atoms with Crippen LogP contribution in [-0.4, -0.2) is 74.7 Å². The first-order chi connectivity index (χ1) is 9.25. The average molecular weight is 269 g/mol. The number of likely N-dealkylation sites (N-methyl/N-ethyl adjacent to an activating group) is 1. The molecule has 0 bridgehead atoms. The highest BCUT2D eigenvalue weighted by molar-refractivity contribution is 5.77. The zero-order chi connectivity index (χ0) is 13.5. The van der Waals surface area contributed by atoms with Crippen LogP contribution in [0.5, 0.6) is 0 Å². The van der Waals surface area contributed by atoms with E-state index >= 15 is 0 Å². The molecule has 5 heteroatoms. The van der Waals surface area contributed by atoms with Crippen LogP contribution in [-0.2, 0) is 9.53 Å². The van der Waals surface area contributed by atoms with E-state index in [-0.39, 0.29) is 18.6 Å². The van der Waals surface area contributed by atoms with E-state index in [1.54, 1.807) is 4.90 Å². The standard InChI is InChI=1S/C14H27N3O2/c1-16(10-11-17-8-2-3-9-17)14(18)12-19-13-4-6-15-7-5-13/h13,15H,2-12H2,1H3. The van der Waals surface area contributed by atoms with Crippen LogP contribution in [0.4, 0.5) is 0 Å². The fourth-order valence-electron chi connectivity index (χ4n) is 2.68. The van der Waals surface area contributed by atoms with Crippen molar-refractivity contribution in [2.24, 2.45) is 0 Å². The van der Waals surface area contributed by atoms with Gasteiger partial charge in [-0.25, -0.2) is 0 Å². The van der Waals surface area contributed by atoms with Gasteiger partial charge >= 0.3 is 0 Å². The average Bonchev–Trinajstić information content (AvgIpc) is 2.96. The molecule has 0 radical (unpaired) electrons.